The summed E-state index contributed by atoms with van der Waals surface area (Å²) in [5.74, 6) is 1.12. The Hall–Kier alpha value is -0.900. The van der Waals surface area contributed by atoms with Gasteiger partial charge in [-0.3, -0.25) is 9.59 Å². The van der Waals surface area contributed by atoms with Gasteiger partial charge in [-0.1, -0.05) is 0 Å². The molecule has 2 aliphatic heterocycles. The van der Waals surface area contributed by atoms with E-state index in [2.05, 4.69) is 11.9 Å². The van der Waals surface area contributed by atoms with E-state index in [0.717, 1.165) is 51.9 Å². The van der Waals surface area contributed by atoms with Crippen molar-refractivity contribution in [3.05, 3.63) is 0 Å². The summed E-state index contributed by atoms with van der Waals surface area (Å²) >= 11 is 0. The first-order valence-electron chi connectivity index (χ1n) is 7.50. The van der Waals surface area contributed by atoms with Gasteiger partial charge in [0.15, 0.2) is 0 Å². The second-order valence-electron chi connectivity index (χ2n) is 6.82. The fraction of sp³-hybridized carbons (Fsp3) is 0.867. The van der Waals surface area contributed by atoms with Gasteiger partial charge in [0.2, 0.25) is 5.91 Å². The van der Waals surface area contributed by atoms with Crippen LogP contribution in [0, 0.1) is 17.3 Å². The highest BCUT2D eigenvalue weighted by Gasteiger charge is 2.60. The van der Waals surface area contributed by atoms with Gasteiger partial charge in [0, 0.05) is 30.3 Å². The van der Waals surface area contributed by atoms with Crippen LogP contribution in [-0.4, -0.2) is 54.7 Å². The van der Waals surface area contributed by atoms with Gasteiger partial charge in [0.25, 0.3) is 0 Å². The number of piperidine rings is 1. The maximum Gasteiger partial charge on any atom is 0.225 e. The van der Waals surface area contributed by atoms with Gasteiger partial charge < -0.3 is 9.80 Å². The fourth-order valence-electron chi connectivity index (χ4n) is 3.97. The van der Waals surface area contributed by atoms with Crippen LogP contribution in [0.5, 0.6) is 0 Å². The van der Waals surface area contributed by atoms with Crippen molar-refractivity contribution in [1.82, 2.24) is 9.80 Å². The monoisotopic (exact) mass is 264 g/mol. The molecular formula is C15H24N2O2. The molecule has 0 radical (unpaired) electrons. The molecule has 3 aliphatic rings. The Kier molecular flexibility index (Phi) is 3.16. The Bertz CT molecular complexity index is 401. The molecule has 4 nitrogen and oxygen atoms in total. The minimum atomic E-state index is 0.174. The first-order chi connectivity index (χ1) is 9.02. The molecular weight excluding hydrogens is 240 g/mol. The van der Waals surface area contributed by atoms with Crippen LogP contribution in [0.4, 0.5) is 0 Å². The molecule has 1 aliphatic carbocycles. The zero-order valence-corrected chi connectivity index (χ0v) is 12.0. The number of rotatable bonds is 2. The Morgan fingerprint density at radius 3 is 2.42 bits per heavy atom. The fourth-order valence-corrected chi connectivity index (χ4v) is 3.97. The normalized spacial score (nSPS) is 35.9. The average molecular weight is 264 g/mol. The molecule has 3 fully saturated rings. The van der Waals surface area contributed by atoms with Crippen molar-refractivity contribution in [3.8, 4) is 0 Å². The van der Waals surface area contributed by atoms with Gasteiger partial charge in [-0.2, -0.15) is 0 Å². The minimum Gasteiger partial charge on any atom is -0.342 e. The summed E-state index contributed by atoms with van der Waals surface area (Å²) in [5, 5.41) is 0. The largest absolute Gasteiger partial charge is 0.342 e. The van der Waals surface area contributed by atoms with Crippen LogP contribution < -0.4 is 0 Å². The van der Waals surface area contributed by atoms with Crippen molar-refractivity contribution in [2.45, 2.75) is 32.6 Å². The Morgan fingerprint density at radius 1 is 1.16 bits per heavy atom. The third-order valence-electron chi connectivity index (χ3n) is 5.45. The van der Waals surface area contributed by atoms with E-state index in [1.165, 1.54) is 0 Å². The first kappa shape index (κ1) is 13.1. The number of ketones is 1. The zero-order chi connectivity index (χ0) is 13.6. The van der Waals surface area contributed by atoms with E-state index in [-0.39, 0.29) is 17.3 Å². The predicted octanol–water partition coefficient (Wildman–Crippen LogP) is 1.16. The second kappa shape index (κ2) is 4.58. The van der Waals surface area contributed by atoms with Gasteiger partial charge in [0.1, 0.15) is 5.78 Å². The van der Waals surface area contributed by atoms with Crippen molar-refractivity contribution < 1.29 is 9.59 Å². The topological polar surface area (TPSA) is 40.6 Å². The molecule has 2 atom stereocenters. The maximum atomic E-state index is 12.5. The number of carbonyl (C=O) groups excluding carboxylic acids is 2. The molecule has 0 bridgehead atoms. The van der Waals surface area contributed by atoms with Crippen molar-refractivity contribution in [2.75, 3.05) is 33.2 Å². The lowest BCUT2D eigenvalue weighted by molar-refractivity contribution is -0.136. The molecule has 1 amide bonds. The van der Waals surface area contributed by atoms with E-state index in [0.29, 0.717) is 11.7 Å². The zero-order valence-electron chi connectivity index (χ0n) is 12.0. The molecule has 0 aromatic carbocycles. The summed E-state index contributed by atoms with van der Waals surface area (Å²) in [6.45, 7) is 5.47. The summed E-state index contributed by atoms with van der Waals surface area (Å²) < 4.78 is 0. The number of Topliss-reactive ketones (excluding diaryl/α,β-unsaturated/α-hetero) is 1. The lowest BCUT2D eigenvalue weighted by Gasteiger charge is -2.31. The number of hydrogen-bond donors (Lipinski definition) is 0. The van der Waals surface area contributed by atoms with Gasteiger partial charge in [-0.25, -0.2) is 0 Å². The lowest BCUT2D eigenvalue weighted by Crippen LogP contribution is -2.40. The SMILES string of the molecule is CC(=O)C1CC12CCN(C(=O)C1CCN(C)CC1)C2. The number of nitrogens with zero attached hydrogens (tertiary/aromatic N) is 2. The number of likely N-dealkylation sites (tertiary alicyclic amines) is 2. The van der Waals surface area contributed by atoms with E-state index in [9.17, 15) is 9.59 Å². The molecule has 4 heteroatoms. The summed E-state index contributed by atoms with van der Waals surface area (Å²) in [7, 11) is 2.12. The van der Waals surface area contributed by atoms with Crippen molar-refractivity contribution in [2.24, 2.45) is 17.3 Å². The van der Waals surface area contributed by atoms with Crippen LogP contribution in [0.2, 0.25) is 0 Å². The highest BCUT2D eigenvalue weighted by Crippen LogP contribution is 2.58. The quantitative estimate of drug-likeness (QED) is 0.751. The van der Waals surface area contributed by atoms with Gasteiger partial charge in [0.05, 0.1) is 0 Å². The summed E-state index contributed by atoms with van der Waals surface area (Å²) in [6.07, 6.45) is 4.04. The van der Waals surface area contributed by atoms with Crippen molar-refractivity contribution in [3.63, 3.8) is 0 Å². The molecule has 3 rings (SSSR count). The molecule has 2 saturated heterocycles. The van der Waals surface area contributed by atoms with Crippen LogP contribution in [0.1, 0.15) is 32.6 Å². The Morgan fingerprint density at radius 2 is 1.84 bits per heavy atom. The molecule has 2 heterocycles. The van der Waals surface area contributed by atoms with Gasteiger partial charge in [-0.05, 0) is 52.7 Å². The molecule has 106 valence electrons. The third-order valence-corrected chi connectivity index (χ3v) is 5.45. The van der Waals surface area contributed by atoms with Crippen molar-refractivity contribution >= 4 is 11.7 Å². The van der Waals surface area contributed by atoms with Crippen LogP contribution in [0.25, 0.3) is 0 Å². The number of hydrogen-bond acceptors (Lipinski definition) is 3. The van der Waals surface area contributed by atoms with Gasteiger partial charge >= 0.3 is 0 Å². The molecule has 0 N–H and O–H groups in total. The third kappa shape index (κ3) is 2.31. The van der Waals surface area contributed by atoms with Crippen LogP contribution >= 0.6 is 0 Å². The van der Waals surface area contributed by atoms with Gasteiger partial charge in [-0.15, -0.1) is 0 Å². The molecule has 2 unspecified atom stereocenters. The Labute approximate surface area is 115 Å². The summed E-state index contributed by atoms with van der Waals surface area (Å²) in [6, 6.07) is 0. The molecule has 1 spiro atoms. The summed E-state index contributed by atoms with van der Waals surface area (Å²) in [5.41, 5.74) is 0.174. The number of amides is 1. The molecule has 1 saturated carbocycles. The molecule has 0 aromatic heterocycles. The van der Waals surface area contributed by atoms with Crippen molar-refractivity contribution in [1.29, 1.82) is 0 Å². The molecule has 19 heavy (non-hydrogen) atoms. The standard InChI is InChI=1S/C15H24N2O2/c1-11(18)13-9-15(13)5-8-17(10-15)14(19)12-3-6-16(2)7-4-12/h12-13H,3-10H2,1-2H3. The van der Waals surface area contributed by atoms with E-state index in [1.807, 2.05) is 4.90 Å². The van der Waals surface area contributed by atoms with E-state index in [4.69, 9.17) is 0 Å². The molecule has 0 aromatic rings. The highest BCUT2D eigenvalue weighted by atomic mass is 16.2. The van der Waals surface area contributed by atoms with E-state index in [1.54, 1.807) is 6.92 Å². The Balaban J connectivity index is 1.57. The lowest BCUT2D eigenvalue weighted by atomic mass is 9.95. The predicted molar refractivity (Wildman–Crippen MR) is 72.6 cm³/mol. The first-order valence-corrected chi connectivity index (χ1v) is 7.50. The second-order valence-corrected chi connectivity index (χ2v) is 6.82. The average Bonchev–Trinajstić information content (AvgIpc) is 2.92. The maximum absolute atomic E-state index is 12.5. The summed E-state index contributed by atoms with van der Waals surface area (Å²) in [4.78, 5) is 28.3. The van der Waals surface area contributed by atoms with Crippen LogP contribution in [0.3, 0.4) is 0 Å². The minimum absolute atomic E-state index is 0.174. The smallest absolute Gasteiger partial charge is 0.225 e. The highest BCUT2D eigenvalue weighted by molar-refractivity contribution is 5.83. The van der Waals surface area contributed by atoms with Crippen LogP contribution in [0.15, 0.2) is 0 Å². The van der Waals surface area contributed by atoms with E-state index < -0.39 is 0 Å². The van der Waals surface area contributed by atoms with E-state index >= 15 is 0 Å². The number of carbonyl (C=O) groups is 2. The van der Waals surface area contributed by atoms with Crippen LogP contribution in [-0.2, 0) is 9.59 Å².